The average Bonchev–Trinajstić information content (AvgIpc) is 2.63. The first kappa shape index (κ1) is 19.4. The summed E-state index contributed by atoms with van der Waals surface area (Å²) in [6.45, 7) is 8.91. The van der Waals surface area contributed by atoms with Gasteiger partial charge in [0.1, 0.15) is 0 Å². The third kappa shape index (κ3) is 6.14. The molecule has 1 aromatic carbocycles. The number of amides is 2. The van der Waals surface area contributed by atoms with Gasteiger partial charge in [-0.25, -0.2) is 0 Å². The quantitative estimate of drug-likeness (QED) is 0.783. The third-order valence-electron chi connectivity index (χ3n) is 4.16. The summed E-state index contributed by atoms with van der Waals surface area (Å²) in [7, 11) is 0. The summed E-state index contributed by atoms with van der Waals surface area (Å²) in [5, 5.41) is 2.91. The molecule has 2 rings (SSSR count). The molecule has 6 nitrogen and oxygen atoms in total. The Bertz CT molecular complexity index is 548. The van der Waals surface area contributed by atoms with Gasteiger partial charge in [0, 0.05) is 24.3 Å². The number of benzene rings is 1. The van der Waals surface area contributed by atoms with E-state index in [1.165, 1.54) is 0 Å². The molecule has 0 atom stereocenters. The molecule has 1 aliphatic heterocycles. The largest absolute Gasteiger partial charge is 0.378 e. The summed E-state index contributed by atoms with van der Waals surface area (Å²) in [4.78, 5) is 28.6. The van der Waals surface area contributed by atoms with Gasteiger partial charge >= 0.3 is 0 Å². The van der Waals surface area contributed by atoms with Gasteiger partial charge in [0.05, 0.1) is 19.8 Å². The van der Waals surface area contributed by atoms with Gasteiger partial charge in [-0.1, -0.05) is 13.8 Å². The first-order chi connectivity index (χ1) is 12.1. The maximum absolute atomic E-state index is 12.4. The fraction of sp³-hybridized carbons (Fsp3) is 0.579. The zero-order valence-electron chi connectivity index (χ0n) is 15.3. The minimum atomic E-state index is -0.0193. The summed E-state index contributed by atoms with van der Waals surface area (Å²) < 4.78 is 5.27. The number of anilines is 1. The standard InChI is InChI=1S/C19H29N3O3/c1-3-9-21(10-4-2)15-18(23)20-17-7-5-16(6-8-17)19(24)22-11-13-25-14-12-22/h5-8H,3-4,9-15H2,1-2H3,(H,20,23). The van der Waals surface area contributed by atoms with Gasteiger partial charge in [-0.15, -0.1) is 0 Å². The van der Waals surface area contributed by atoms with E-state index < -0.39 is 0 Å². The van der Waals surface area contributed by atoms with Crippen LogP contribution < -0.4 is 5.32 Å². The van der Waals surface area contributed by atoms with Crippen LogP contribution in [0, 0.1) is 0 Å². The molecule has 1 fully saturated rings. The van der Waals surface area contributed by atoms with Crippen LogP contribution in [0.25, 0.3) is 0 Å². The van der Waals surface area contributed by atoms with Gasteiger partial charge < -0.3 is 15.0 Å². The Morgan fingerprint density at radius 1 is 1.08 bits per heavy atom. The number of nitrogens with one attached hydrogen (secondary N) is 1. The van der Waals surface area contributed by atoms with Gasteiger partial charge in [-0.2, -0.15) is 0 Å². The lowest BCUT2D eigenvalue weighted by Gasteiger charge is -2.26. The first-order valence-corrected chi connectivity index (χ1v) is 9.13. The van der Waals surface area contributed by atoms with Crippen LogP contribution in [0.3, 0.4) is 0 Å². The second-order valence-electron chi connectivity index (χ2n) is 6.31. The van der Waals surface area contributed by atoms with Crippen LogP contribution in [0.5, 0.6) is 0 Å². The van der Waals surface area contributed by atoms with Crippen molar-refractivity contribution < 1.29 is 14.3 Å². The molecule has 0 aliphatic carbocycles. The van der Waals surface area contributed by atoms with Gasteiger partial charge in [-0.3, -0.25) is 14.5 Å². The molecular weight excluding hydrogens is 318 g/mol. The Hall–Kier alpha value is -1.92. The number of ether oxygens (including phenoxy) is 1. The fourth-order valence-corrected chi connectivity index (χ4v) is 2.95. The summed E-state index contributed by atoms with van der Waals surface area (Å²) >= 11 is 0. The highest BCUT2D eigenvalue weighted by atomic mass is 16.5. The van der Waals surface area contributed by atoms with Crippen molar-refractivity contribution in [2.75, 3.05) is 51.3 Å². The van der Waals surface area contributed by atoms with E-state index in [9.17, 15) is 9.59 Å². The van der Waals surface area contributed by atoms with Crippen molar-refractivity contribution in [1.82, 2.24) is 9.80 Å². The lowest BCUT2D eigenvalue weighted by Crippen LogP contribution is -2.40. The molecule has 0 radical (unpaired) electrons. The summed E-state index contributed by atoms with van der Waals surface area (Å²) in [5.74, 6) is -0.00704. The number of rotatable bonds is 8. The van der Waals surface area contributed by atoms with E-state index >= 15 is 0 Å². The molecule has 6 heteroatoms. The van der Waals surface area contributed by atoms with Gasteiger partial charge in [0.15, 0.2) is 0 Å². The number of carbonyl (C=O) groups excluding carboxylic acids is 2. The van der Waals surface area contributed by atoms with E-state index in [-0.39, 0.29) is 11.8 Å². The van der Waals surface area contributed by atoms with Crippen molar-refractivity contribution >= 4 is 17.5 Å². The van der Waals surface area contributed by atoms with Crippen LogP contribution in [0.15, 0.2) is 24.3 Å². The Labute approximate surface area is 150 Å². The number of carbonyl (C=O) groups is 2. The van der Waals surface area contributed by atoms with Crippen LogP contribution in [0.4, 0.5) is 5.69 Å². The Morgan fingerprint density at radius 3 is 2.24 bits per heavy atom. The molecule has 1 saturated heterocycles. The average molecular weight is 347 g/mol. The SMILES string of the molecule is CCCN(CCC)CC(=O)Nc1ccc(C(=O)N2CCOCC2)cc1. The van der Waals surface area contributed by atoms with Crippen LogP contribution in [-0.4, -0.2) is 67.6 Å². The van der Waals surface area contributed by atoms with Crippen molar-refractivity contribution in [1.29, 1.82) is 0 Å². The molecule has 1 aromatic rings. The highest BCUT2D eigenvalue weighted by molar-refractivity contribution is 5.96. The van der Waals surface area contributed by atoms with Crippen molar-refractivity contribution in [3.8, 4) is 0 Å². The predicted molar refractivity (Wildman–Crippen MR) is 98.8 cm³/mol. The van der Waals surface area contributed by atoms with Gasteiger partial charge in [-0.05, 0) is 50.2 Å². The third-order valence-corrected chi connectivity index (χ3v) is 4.16. The summed E-state index contributed by atoms with van der Waals surface area (Å²) in [6, 6.07) is 7.11. The second kappa shape index (κ2) is 10.2. The molecule has 1 N–H and O–H groups in total. The van der Waals surface area contributed by atoms with E-state index in [0.29, 0.717) is 38.4 Å². The zero-order valence-corrected chi connectivity index (χ0v) is 15.3. The van der Waals surface area contributed by atoms with Crippen molar-refractivity contribution in [3.63, 3.8) is 0 Å². The Morgan fingerprint density at radius 2 is 1.68 bits per heavy atom. The van der Waals surface area contributed by atoms with E-state index in [4.69, 9.17) is 4.74 Å². The van der Waals surface area contributed by atoms with Crippen molar-refractivity contribution in [2.45, 2.75) is 26.7 Å². The summed E-state index contributed by atoms with van der Waals surface area (Å²) in [6.07, 6.45) is 2.07. The van der Waals surface area contributed by atoms with E-state index in [1.54, 1.807) is 29.2 Å². The second-order valence-corrected chi connectivity index (χ2v) is 6.31. The van der Waals surface area contributed by atoms with Gasteiger partial charge in [0.25, 0.3) is 5.91 Å². The molecule has 0 saturated carbocycles. The highest BCUT2D eigenvalue weighted by Crippen LogP contribution is 2.13. The molecule has 0 aromatic heterocycles. The molecular formula is C19H29N3O3. The maximum Gasteiger partial charge on any atom is 0.254 e. The maximum atomic E-state index is 12.4. The van der Waals surface area contributed by atoms with E-state index in [1.807, 2.05) is 0 Å². The minimum Gasteiger partial charge on any atom is -0.378 e. The van der Waals surface area contributed by atoms with Crippen LogP contribution in [0.2, 0.25) is 0 Å². The molecule has 138 valence electrons. The number of nitrogens with zero attached hydrogens (tertiary/aromatic N) is 2. The van der Waals surface area contributed by atoms with Crippen molar-refractivity contribution in [2.24, 2.45) is 0 Å². The minimum absolute atomic E-state index is 0.0123. The normalized spacial score (nSPS) is 14.6. The zero-order chi connectivity index (χ0) is 18.1. The Balaban J connectivity index is 1.88. The lowest BCUT2D eigenvalue weighted by atomic mass is 10.1. The first-order valence-electron chi connectivity index (χ1n) is 9.13. The molecule has 0 unspecified atom stereocenters. The molecule has 2 amide bonds. The van der Waals surface area contributed by atoms with Crippen LogP contribution in [-0.2, 0) is 9.53 Å². The highest BCUT2D eigenvalue weighted by Gasteiger charge is 2.18. The monoisotopic (exact) mass is 347 g/mol. The van der Waals surface area contributed by atoms with Crippen LogP contribution in [0.1, 0.15) is 37.0 Å². The number of hydrogen-bond acceptors (Lipinski definition) is 4. The van der Waals surface area contributed by atoms with Crippen LogP contribution >= 0.6 is 0 Å². The van der Waals surface area contributed by atoms with E-state index in [0.717, 1.165) is 31.6 Å². The lowest BCUT2D eigenvalue weighted by molar-refractivity contribution is -0.117. The molecule has 25 heavy (non-hydrogen) atoms. The smallest absolute Gasteiger partial charge is 0.254 e. The van der Waals surface area contributed by atoms with E-state index in [2.05, 4.69) is 24.1 Å². The van der Waals surface area contributed by atoms with Gasteiger partial charge in [0.2, 0.25) is 5.91 Å². The number of hydrogen-bond donors (Lipinski definition) is 1. The molecule has 1 heterocycles. The fourth-order valence-electron chi connectivity index (χ4n) is 2.95. The molecule has 1 aliphatic rings. The summed E-state index contributed by atoms with van der Waals surface area (Å²) in [5.41, 5.74) is 1.36. The van der Waals surface area contributed by atoms with Crippen molar-refractivity contribution in [3.05, 3.63) is 29.8 Å². The Kier molecular flexibility index (Phi) is 7.88. The number of morpholine rings is 1. The molecule has 0 bridgehead atoms. The molecule has 0 spiro atoms. The predicted octanol–water partition coefficient (Wildman–Crippen LogP) is 2.22. The topological polar surface area (TPSA) is 61.9 Å².